The number of carbonyl (C=O) groups is 1. The normalized spacial score (nSPS) is 10.4. The molecule has 0 fully saturated rings. The highest BCUT2D eigenvalue weighted by Crippen LogP contribution is 2.29. The van der Waals surface area contributed by atoms with E-state index >= 15 is 0 Å². The first-order valence-corrected chi connectivity index (χ1v) is 9.00. The van der Waals surface area contributed by atoms with Gasteiger partial charge >= 0.3 is 5.69 Å². The third-order valence-electron chi connectivity index (χ3n) is 3.67. The Morgan fingerprint density at radius 2 is 1.93 bits per heavy atom. The molecule has 1 amide bonds. The molecule has 13 heteroatoms. The Bertz CT molecular complexity index is 1160. The van der Waals surface area contributed by atoms with E-state index in [0.29, 0.717) is 15.3 Å². The Hall–Kier alpha value is -3.71. The summed E-state index contributed by atoms with van der Waals surface area (Å²) in [6.07, 6.45) is 0. The van der Waals surface area contributed by atoms with Gasteiger partial charge in [0, 0.05) is 23.8 Å². The maximum Gasteiger partial charge on any atom is 0.311 e. The van der Waals surface area contributed by atoms with Gasteiger partial charge in [0.05, 0.1) is 27.2 Å². The largest absolute Gasteiger partial charge is 0.490 e. The van der Waals surface area contributed by atoms with Crippen molar-refractivity contribution < 1.29 is 19.4 Å². The number of hydrogen-bond acceptors (Lipinski definition) is 9. The molecule has 11 nitrogen and oxygen atoms in total. The Morgan fingerprint density at radius 1 is 1.17 bits per heavy atom. The van der Waals surface area contributed by atoms with Crippen molar-refractivity contribution >= 4 is 61.3 Å². The zero-order valence-corrected chi connectivity index (χ0v) is 16.2. The maximum absolute atomic E-state index is 12.3. The van der Waals surface area contributed by atoms with Crippen LogP contribution in [0.4, 0.5) is 16.5 Å². The summed E-state index contributed by atoms with van der Waals surface area (Å²) in [7, 11) is 1.29. The number of thiocarbonyl (C=S) groups is 1. The number of non-ortho nitro benzene ring substituents is 1. The summed E-state index contributed by atoms with van der Waals surface area (Å²) in [6, 6.07) is 7.98. The molecule has 3 rings (SSSR count). The number of thiazole rings is 1. The highest BCUT2D eigenvalue weighted by atomic mass is 32.1. The van der Waals surface area contributed by atoms with E-state index in [0.717, 1.165) is 17.4 Å². The summed E-state index contributed by atoms with van der Waals surface area (Å²) in [5.74, 6) is -0.638. The Kier molecular flexibility index (Phi) is 5.61. The SMILES string of the molecule is COc1ccc(C(=O)NC(=S)Nc2nc3ccc([N+](=O)[O-])cc3s2)cc1[N+](=O)[O-]. The van der Waals surface area contributed by atoms with Crippen LogP contribution in [0.5, 0.6) is 5.75 Å². The average Bonchev–Trinajstić information content (AvgIpc) is 3.08. The summed E-state index contributed by atoms with van der Waals surface area (Å²) < 4.78 is 5.46. The van der Waals surface area contributed by atoms with Crippen LogP contribution in [0.3, 0.4) is 0 Å². The number of anilines is 1. The van der Waals surface area contributed by atoms with Crippen LogP contribution in [0, 0.1) is 20.2 Å². The fourth-order valence-electron chi connectivity index (χ4n) is 2.36. The lowest BCUT2D eigenvalue weighted by Gasteiger charge is -2.08. The van der Waals surface area contributed by atoms with Crippen LogP contribution in [0.25, 0.3) is 10.2 Å². The number of fused-ring (bicyclic) bond motifs is 1. The molecule has 2 N–H and O–H groups in total. The maximum atomic E-state index is 12.3. The third kappa shape index (κ3) is 4.41. The highest BCUT2D eigenvalue weighted by Gasteiger charge is 2.19. The lowest BCUT2D eigenvalue weighted by atomic mass is 10.2. The topological polar surface area (TPSA) is 150 Å². The Labute approximate surface area is 171 Å². The first kappa shape index (κ1) is 20.0. The van der Waals surface area contributed by atoms with Crippen molar-refractivity contribution in [1.29, 1.82) is 0 Å². The standard InChI is InChI=1S/C16H11N5O6S2/c1-27-12-5-2-8(6-11(12)21(25)26)14(22)18-15(28)19-16-17-10-4-3-9(20(23)24)7-13(10)29-16/h2-7H,1H3,(H2,17,18,19,22,28). The smallest absolute Gasteiger partial charge is 0.311 e. The van der Waals surface area contributed by atoms with Gasteiger partial charge in [-0.2, -0.15) is 0 Å². The predicted molar refractivity (Wildman–Crippen MR) is 110 cm³/mol. The number of nitro groups is 2. The molecule has 0 aliphatic heterocycles. The number of methoxy groups -OCH3 is 1. The number of carbonyl (C=O) groups excluding carboxylic acids is 1. The molecule has 0 spiro atoms. The van der Waals surface area contributed by atoms with E-state index in [1.807, 2.05) is 0 Å². The van der Waals surface area contributed by atoms with Crippen LogP contribution in [0.1, 0.15) is 10.4 Å². The number of rotatable bonds is 5. The van der Waals surface area contributed by atoms with Crippen LogP contribution >= 0.6 is 23.6 Å². The number of amides is 1. The van der Waals surface area contributed by atoms with E-state index in [4.69, 9.17) is 17.0 Å². The predicted octanol–water partition coefficient (Wildman–Crippen LogP) is 3.25. The minimum Gasteiger partial charge on any atom is -0.490 e. The van der Waals surface area contributed by atoms with Gasteiger partial charge < -0.3 is 10.1 Å². The zero-order chi connectivity index (χ0) is 21.1. The van der Waals surface area contributed by atoms with Gasteiger partial charge in [-0.15, -0.1) is 0 Å². The lowest BCUT2D eigenvalue weighted by Crippen LogP contribution is -2.34. The molecular formula is C16H11N5O6S2. The molecule has 2 aromatic carbocycles. The summed E-state index contributed by atoms with van der Waals surface area (Å²) in [5, 5.41) is 27.3. The summed E-state index contributed by atoms with van der Waals surface area (Å²) in [5.41, 5.74) is 0.126. The fraction of sp³-hybridized carbons (Fsp3) is 0.0625. The van der Waals surface area contributed by atoms with Gasteiger partial charge in [-0.3, -0.25) is 30.3 Å². The van der Waals surface area contributed by atoms with Crippen LogP contribution in [0.15, 0.2) is 36.4 Å². The molecule has 148 valence electrons. The van der Waals surface area contributed by atoms with E-state index < -0.39 is 15.8 Å². The number of aromatic nitrogens is 1. The molecule has 0 atom stereocenters. The number of nitro benzene ring substituents is 2. The molecule has 0 aliphatic rings. The van der Waals surface area contributed by atoms with Crippen LogP contribution in [0.2, 0.25) is 0 Å². The third-order valence-corrected chi connectivity index (χ3v) is 4.81. The number of nitrogens with one attached hydrogen (secondary N) is 2. The minimum atomic E-state index is -0.662. The number of hydrogen-bond donors (Lipinski definition) is 2. The molecule has 0 radical (unpaired) electrons. The van der Waals surface area contributed by atoms with Crippen LogP contribution < -0.4 is 15.4 Å². The molecule has 29 heavy (non-hydrogen) atoms. The molecule has 1 heterocycles. The van der Waals surface area contributed by atoms with Crippen molar-refractivity contribution in [3.63, 3.8) is 0 Å². The van der Waals surface area contributed by atoms with E-state index in [1.54, 1.807) is 0 Å². The van der Waals surface area contributed by atoms with Crippen molar-refractivity contribution in [2.75, 3.05) is 12.4 Å². The van der Waals surface area contributed by atoms with Crippen molar-refractivity contribution in [1.82, 2.24) is 10.3 Å². The number of nitrogens with zero attached hydrogens (tertiary/aromatic N) is 3. The van der Waals surface area contributed by atoms with Crippen LogP contribution in [-0.4, -0.2) is 33.0 Å². The fourth-order valence-corrected chi connectivity index (χ4v) is 3.52. The number of ether oxygens (including phenoxy) is 1. The second-order valence-electron chi connectivity index (χ2n) is 5.48. The summed E-state index contributed by atoms with van der Waals surface area (Å²) in [6.45, 7) is 0. The van der Waals surface area contributed by atoms with E-state index in [2.05, 4.69) is 15.6 Å². The second kappa shape index (κ2) is 8.12. The molecule has 3 aromatic rings. The molecule has 1 aromatic heterocycles. The zero-order valence-electron chi connectivity index (χ0n) is 14.6. The summed E-state index contributed by atoms with van der Waals surface area (Å²) >= 11 is 6.19. The van der Waals surface area contributed by atoms with Crippen LogP contribution in [-0.2, 0) is 0 Å². The molecule has 0 unspecified atom stereocenters. The van der Waals surface area contributed by atoms with Crippen molar-refractivity contribution in [3.8, 4) is 5.75 Å². The first-order chi connectivity index (χ1) is 13.8. The van der Waals surface area contributed by atoms with E-state index in [-0.39, 0.29) is 27.8 Å². The quantitative estimate of drug-likeness (QED) is 0.351. The highest BCUT2D eigenvalue weighted by molar-refractivity contribution is 7.80. The Morgan fingerprint density at radius 3 is 2.59 bits per heavy atom. The second-order valence-corrected chi connectivity index (χ2v) is 6.92. The van der Waals surface area contributed by atoms with Crippen molar-refractivity contribution in [2.45, 2.75) is 0 Å². The average molecular weight is 433 g/mol. The molecule has 0 saturated heterocycles. The summed E-state index contributed by atoms with van der Waals surface area (Å²) in [4.78, 5) is 37.3. The van der Waals surface area contributed by atoms with Crippen molar-refractivity contribution in [3.05, 3.63) is 62.2 Å². The van der Waals surface area contributed by atoms with Gasteiger partial charge in [0.1, 0.15) is 0 Å². The van der Waals surface area contributed by atoms with E-state index in [9.17, 15) is 25.0 Å². The molecule has 0 bridgehead atoms. The van der Waals surface area contributed by atoms with Gasteiger partial charge in [0.15, 0.2) is 16.0 Å². The van der Waals surface area contributed by atoms with Gasteiger partial charge in [-0.1, -0.05) is 11.3 Å². The first-order valence-electron chi connectivity index (χ1n) is 7.78. The lowest BCUT2D eigenvalue weighted by molar-refractivity contribution is -0.385. The molecular weight excluding hydrogens is 422 g/mol. The van der Waals surface area contributed by atoms with Gasteiger partial charge in [0.2, 0.25) is 0 Å². The van der Waals surface area contributed by atoms with Gasteiger partial charge in [-0.05, 0) is 30.4 Å². The van der Waals surface area contributed by atoms with Gasteiger partial charge in [-0.25, -0.2) is 4.98 Å². The van der Waals surface area contributed by atoms with E-state index in [1.165, 1.54) is 37.4 Å². The van der Waals surface area contributed by atoms with Crippen molar-refractivity contribution in [2.24, 2.45) is 0 Å². The molecule has 0 aliphatic carbocycles. The number of benzene rings is 2. The minimum absolute atomic E-state index is 0.0153. The Balaban J connectivity index is 1.73. The molecule has 0 saturated carbocycles. The monoisotopic (exact) mass is 433 g/mol. The van der Waals surface area contributed by atoms with Gasteiger partial charge in [0.25, 0.3) is 11.6 Å².